The van der Waals surface area contributed by atoms with Gasteiger partial charge in [-0.05, 0) is 20.8 Å². The lowest BCUT2D eigenvalue weighted by Crippen LogP contribution is -2.26. The van der Waals surface area contributed by atoms with Crippen LogP contribution < -0.4 is 0 Å². The summed E-state index contributed by atoms with van der Waals surface area (Å²) in [5.74, 6) is -1.38. The van der Waals surface area contributed by atoms with E-state index >= 15 is 0 Å². The van der Waals surface area contributed by atoms with E-state index in [2.05, 4.69) is 4.74 Å². The van der Waals surface area contributed by atoms with Crippen LogP contribution in [-0.2, 0) is 14.3 Å². The number of hydrogen-bond acceptors (Lipinski definition) is 4. The van der Waals surface area contributed by atoms with E-state index in [1.807, 2.05) is 6.07 Å². The largest absolute Gasteiger partial charge is 0.393 e. The Bertz CT molecular complexity index is 469. The molecular weight excluding hydrogens is 244 g/mol. The van der Waals surface area contributed by atoms with Gasteiger partial charge in [0.2, 0.25) is 0 Å². The van der Waals surface area contributed by atoms with Gasteiger partial charge in [0.1, 0.15) is 0 Å². The monoisotopic (exact) mass is 262 g/mol. The molecular formula is C15H18O4. The van der Waals surface area contributed by atoms with Crippen molar-refractivity contribution < 1.29 is 19.1 Å². The van der Waals surface area contributed by atoms with Crippen LogP contribution in [0.2, 0.25) is 0 Å². The Balaban J connectivity index is 2.43. The smallest absolute Gasteiger partial charge is 0.318 e. The number of benzene rings is 1. The molecule has 0 saturated heterocycles. The minimum Gasteiger partial charge on any atom is -0.393 e. The molecule has 0 aliphatic heterocycles. The van der Waals surface area contributed by atoms with E-state index in [4.69, 9.17) is 0 Å². The third-order valence-corrected chi connectivity index (χ3v) is 2.47. The van der Waals surface area contributed by atoms with Crippen molar-refractivity contribution in [2.75, 3.05) is 0 Å². The molecule has 0 heterocycles. The third kappa shape index (κ3) is 5.04. The van der Waals surface area contributed by atoms with Crippen LogP contribution in [0.15, 0.2) is 30.3 Å². The van der Waals surface area contributed by atoms with Gasteiger partial charge in [-0.1, -0.05) is 30.3 Å². The fourth-order valence-electron chi connectivity index (χ4n) is 1.29. The first-order valence-electron chi connectivity index (χ1n) is 6.14. The molecule has 1 rings (SSSR count). The number of carbonyl (C=O) groups excluding carboxylic acids is 3. The van der Waals surface area contributed by atoms with Crippen molar-refractivity contribution in [3.8, 4) is 0 Å². The molecule has 4 nitrogen and oxygen atoms in total. The standard InChI is InChI=1S/C15H18O4/c1-15(2,3)14(18)19-13(17)10-9-12(16)11-7-5-4-6-8-11/h4-8H,9-10H2,1-3H3. The molecule has 1 aromatic rings. The van der Waals surface area contributed by atoms with Gasteiger partial charge in [0, 0.05) is 12.0 Å². The van der Waals surface area contributed by atoms with Crippen LogP contribution in [0.5, 0.6) is 0 Å². The lowest BCUT2D eigenvalue weighted by atomic mass is 9.97. The highest BCUT2D eigenvalue weighted by Gasteiger charge is 2.25. The van der Waals surface area contributed by atoms with Gasteiger partial charge in [0.05, 0.1) is 11.8 Å². The summed E-state index contributed by atoms with van der Waals surface area (Å²) < 4.78 is 4.67. The van der Waals surface area contributed by atoms with E-state index in [1.165, 1.54) is 0 Å². The predicted octanol–water partition coefficient (Wildman–Crippen LogP) is 2.77. The van der Waals surface area contributed by atoms with Gasteiger partial charge in [0.15, 0.2) is 5.78 Å². The molecule has 0 amide bonds. The minimum atomic E-state index is -0.723. The van der Waals surface area contributed by atoms with Crippen LogP contribution in [0.25, 0.3) is 0 Å². The molecule has 0 aliphatic rings. The van der Waals surface area contributed by atoms with Gasteiger partial charge in [-0.15, -0.1) is 0 Å². The van der Waals surface area contributed by atoms with Gasteiger partial charge < -0.3 is 4.74 Å². The first-order valence-corrected chi connectivity index (χ1v) is 6.14. The van der Waals surface area contributed by atoms with Crippen LogP contribution in [-0.4, -0.2) is 17.7 Å². The first kappa shape index (κ1) is 15.1. The van der Waals surface area contributed by atoms with Crippen LogP contribution in [0, 0.1) is 5.41 Å². The summed E-state index contributed by atoms with van der Waals surface area (Å²) in [5, 5.41) is 0. The van der Waals surface area contributed by atoms with Crippen LogP contribution >= 0.6 is 0 Å². The van der Waals surface area contributed by atoms with Crippen molar-refractivity contribution in [3.63, 3.8) is 0 Å². The van der Waals surface area contributed by atoms with Gasteiger partial charge in [-0.2, -0.15) is 0 Å². The van der Waals surface area contributed by atoms with Crippen molar-refractivity contribution in [2.24, 2.45) is 5.41 Å². The number of ketones is 1. The first-order chi connectivity index (χ1) is 8.80. The topological polar surface area (TPSA) is 60.4 Å². The van der Waals surface area contributed by atoms with Crippen molar-refractivity contribution >= 4 is 17.7 Å². The highest BCUT2D eigenvalue weighted by atomic mass is 16.6. The van der Waals surface area contributed by atoms with E-state index in [0.717, 1.165) is 0 Å². The fourth-order valence-corrected chi connectivity index (χ4v) is 1.29. The lowest BCUT2D eigenvalue weighted by molar-refractivity contribution is -0.165. The van der Waals surface area contributed by atoms with Crippen molar-refractivity contribution in [1.29, 1.82) is 0 Å². The highest BCUT2D eigenvalue weighted by Crippen LogP contribution is 2.16. The second-order valence-corrected chi connectivity index (χ2v) is 5.30. The lowest BCUT2D eigenvalue weighted by Gasteiger charge is -2.15. The van der Waals surface area contributed by atoms with Crippen LogP contribution in [0.1, 0.15) is 44.0 Å². The summed E-state index contributed by atoms with van der Waals surface area (Å²) in [6.45, 7) is 4.99. The fraction of sp³-hybridized carbons (Fsp3) is 0.400. The van der Waals surface area contributed by atoms with E-state index in [9.17, 15) is 14.4 Å². The number of Topliss-reactive ketones (excluding diaryl/α,β-unsaturated/α-hetero) is 1. The van der Waals surface area contributed by atoms with Crippen molar-refractivity contribution in [3.05, 3.63) is 35.9 Å². The molecule has 0 unspecified atom stereocenters. The molecule has 0 radical (unpaired) electrons. The number of rotatable bonds is 4. The molecule has 0 bridgehead atoms. The molecule has 0 aliphatic carbocycles. The summed E-state index contributed by atoms with van der Waals surface area (Å²) in [5.41, 5.74) is -0.170. The summed E-state index contributed by atoms with van der Waals surface area (Å²) in [4.78, 5) is 34.6. The Morgan fingerprint density at radius 2 is 1.58 bits per heavy atom. The summed E-state index contributed by atoms with van der Waals surface area (Å²) in [6, 6.07) is 8.71. The predicted molar refractivity (Wildman–Crippen MR) is 70.6 cm³/mol. The maximum Gasteiger partial charge on any atom is 0.318 e. The average Bonchev–Trinajstić information content (AvgIpc) is 2.35. The molecule has 4 heteroatoms. The maximum absolute atomic E-state index is 11.7. The molecule has 0 atom stereocenters. The second-order valence-electron chi connectivity index (χ2n) is 5.30. The van der Waals surface area contributed by atoms with Gasteiger partial charge in [0.25, 0.3) is 0 Å². The molecule has 1 aromatic carbocycles. The van der Waals surface area contributed by atoms with Crippen LogP contribution in [0.3, 0.4) is 0 Å². The molecule has 0 fully saturated rings. The number of hydrogen-bond donors (Lipinski definition) is 0. The molecule has 0 saturated carbocycles. The van der Waals surface area contributed by atoms with E-state index in [-0.39, 0.29) is 18.6 Å². The minimum absolute atomic E-state index is 0.0419. The van der Waals surface area contributed by atoms with Gasteiger partial charge in [-0.3, -0.25) is 14.4 Å². The van der Waals surface area contributed by atoms with E-state index in [1.54, 1.807) is 45.0 Å². The van der Waals surface area contributed by atoms with E-state index < -0.39 is 17.4 Å². The number of esters is 2. The zero-order chi connectivity index (χ0) is 14.5. The maximum atomic E-state index is 11.7. The Morgan fingerprint density at radius 1 is 1.00 bits per heavy atom. The van der Waals surface area contributed by atoms with Crippen molar-refractivity contribution in [1.82, 2.24) is 0 Å². The molecule has 0 N–H and O–H groups in total. The molecule has 0 spiro atoms. The zero-order valence-corrected chi connectivity index (χ0v) is 11.4. The zero-order valence-electron chi connectivity index (χ0n) is 11.4. The second kappa shape index (κ2) is 6.27. The summed E-state index contributed by atoms with van der Waals surface area (Å²) in [7, 11) is 0. The molecule has 0 aromatic heterocycles. The highest BCUT2D eigenvalue weighted by molar-refractivity contribution is 5.98. The SMILES string of the molecule is CC(C)(C)C(=O)OC(=O)CCC(=O)c1ccccc1. The molecule has 102 valence electrons. The number of carbonyl (C=O) groups is 3. The summed E-state index contributed by atoms with van der Waals surface area (Å²) in [6.07, 6.45) is -0.0458. The Kier molecular flexibility index (Phi) is 4.98. The van der Waals surface area contributed by atoms with Gasteiger partial charge in [-0.25, -0.2) is 0 Å². The van der Waals surface area contributed by atoms with E-state index in [0.29, 0.717) is 5.56 Å². The number of ether oxygens (including phenoxy) is 1. The van der Waals surface area contributed by atoms with Gasteiger partial charge >= 0.3 is 11.9 Å². The average molecular weight is 262 g/mol. The summed E-state index contributed by atoms with van der Waals surface area (Å²) >= 11 is 0. The van der Waals surface area contributed by atoms with Crippen LogP contribution in [0.4, 0.5) is 0 Å². The quantitative estimate of drug-likeness (QED) is 0.475. The third-order valence-electron chi connectivity index (χ3n) is 2.47. The normalized spacial score (nSPS) is 10.9. The Morgan fingerprint density at radius 3 is 2.11 bits per heavy atom. The van der Waals surface area contributed by atoms with Crippen molar-refractivity contribution in [2.45, 2.75) is 33.6 Å². The Labute approximate surface area is 112 Å². The molecule has 19 heavy (non-hydrogen) atoms. The Hall–Kier alpha value is -1.97.